The molecule has 5 heteroatoms. The molecule has 1 amide bonds. The molecule has 0 saturated carbocycles. The maximum absolute atomic E-state index is 12.0. The van der Waals surface area contributed by atoms with Crippen molar-refractivity contribution in [1.82, 2.24) is 10.2 Å². The summed E-state index contributed by atoms with van der Waals surface area (Å²) in [6, 6.07) is 8.73. The Hall–Kier alpha value is -0.660. The summed E-state index contributed by atoms with van der Waals surface area (Å²) in [5, 5.41) is 3.41. The van der Waals surface area contributed by atoms with Crippen LogP contribution >= 0.6 is 22.6 Å². The number of halogens is 1. The van der Waals surface area contributed by atoms with E-state index in [4.69, 9.17) is 4.74 Å². The van der Waals surface area contributed by atoms with Gasteiger partial charge in [-0.15, -0.1) is 0 Å². The quantitative estimate of drug-likeness (QED) is 0.787. The Morgan fingerprint density at radius 3 is 2.65 bits per heavy atom. The monoisotopic (exact) mass is 388 g/mol. The van der Waals surface area contributed by atoms with E-state index in [0.717, 1.165) is 13.1 Å². The zero-order valence-corrected chi connectivity index (χ0v) is 13.9. The number of rotatable bonds is 5. The molecule has 2 rings (SSSR count). The molecule has 1 atom stereocenters. The lowest BCUT2D eigenvalue weighted by Gasteiger charge is -2.27. The van der Waals surface area contributed by atoms with E-state index in [-0.39, 0.29) is 11.9 Å². The van der Waals surface area contributed by atoms with Crippen LogP contribution in [0, 0.1) is 3.57 Å². The van der Waals surface area contributed by atoms with E-state index in [9.17, 15) is 4.79 Å². The van der Waals surface area contributed by atoms with Gasteiger partial charge in [-0.05, 0) is 47.2 Å². The minimum atomic E-state index is 0.218. The van der Waals surface area contributed by atoms with Crippen LogP contribution in [0.4, 0.5) is 0 Å². The summed E-state index contributed by atoms with van der Waals surface area (Å²) in [7, 11) is 0. The highest BCUT2D eigenvalue weighted by Gasteiger charge is 2.16. The van der Waals surface area contributed by atoms with Crippen molar-refractivity contribution in [3.05, 3.63) is 33.4 Å². The molecule has 1 saturated heterocycles. The lowest BCUT2D eigenvalue weighted by Crippen LogP contribution is -2.41. The van der Waals surface area contributed by atoms with Gasteiger partial charge >= 0.3 is 0 Å². The van der Waals surface area contributed by atoms with Crippen molar-refractivity contribution >= 4 is 28.5 Å². The summed E-state index contributed by atoms with van der Waals surface area (Å²) in [5.74, 6) is 0.218. The van der Waals surface area contributed by atoms with E-state index in [1.807, 2.05) is 4.90 Å². The number of carbonyl (C=O) groups excluding carboxylic acids is 1. The first-order valence-corrected chi connectivity index (χ1v) is 8.09. The van der Waals surface area contributed by atoms with Gasteiger partial charge in [-0.1, -0.05) is 12.1 Å². The Morgan fingerprint density at radius 2 is 2.00 bits per heavy atom. The molecule has 0 bridgehead atoms. The lowest BCUT2D eigenvalue weighted by molar-refractivity contribution is -0.135. The summed E-state index contributed by atoms with van der Waals surface area (Å²) < 4.78 is 6.49. The highest BCUT2D eigenvalue weighted by atomic mass is 127. The van der Waals surface area contributed by atoms with Crippen LogP contribution in [0.3, 0.4) is 0 Å². The average Bonchev–Trinajstić information content (AvgIpc) is 2.48. The second-order valence-electron chi connectivity index (χ2n) is 4.97. The molecule has 110 valence electrons. The Labute approximate surface area is 134 Å². The van der Waals surface area contributed by atoms with Crippen molar-refractivity contribution < 1.29 is 9.53 Å². The van der Waals surface area contributed by atoms with Crippen LogP contribution in [0.25, 0.3) is 0 Å². The van der Waals surface area contributed by atoms with Gasteiger partial charge in [0.1, 0.15) is 0 Å². The van der Waals surface area contributed by atoms with Crippen LogP contribution in [0.5, 0.6) is 0 Å². The van der Waals surface area contributed by atoms with Gasteiger partial charge in [0.2, 0.25) is 5.91 Å². The molecule has 1 heterocycles. The van der Waals surface area contributed by atoms with Crippen molar-refractivity contribution in [2.75, 3.05) is 32.8 Å². The predicted octanol–water partition coefficient (Wildman–Crippen LogP) is 2.19. The highest BCUT2D eigenvalue weighted by Crippen LogP contribution is 2.14. The van der Waals surface area contributed by atoms with Crippen LogP contribution < -0.4 is 5.32 Å². The first-order valence-electron chi connectivity index (χ1n) is 7.01. The zero-order chi connectivity index (χ0) is 14.4. The third-order valence-electron chi connectivity index (χ3n) is 3.52. The fourth-order valence-electron chi connectivity index (χ4n) is 2.24. The van der Waals surface area contributed by atoms with Gasteiger partial charge in [-0.25, -0.2) is 0 Å². The number of carbonyl (C=O) groups is 1. The molecule has 1 aliphatic rings. The van der Waals surface area contributed by atoms with Crippen LogP contribution in [-0.2, 0) is 9.53 Å². The van der Waals surface area contributed by atoms with E-state index in [0.29, 0.717) is 26.2 Å². The molecule has 1 N–H and O–H groups in total. The fourth-order valence-corrected chi connectivity index (χ4v) is 2.60. The molecule has 0 aliphatic carbocycles. The predicted molar refractivity (Wildman–Crippen MR) is 87.6 cm³/mol. The first-order chi connectivity index (χ1) is 9.66. The Morgan fingerprint density at radius 1 is 1.35 bits per heavy atom. The largest absolute Gasteiger partial charge is 0.378 e. The lowest BCUT2D eigenvalue weighted by atomic mass is 10.1. The first kappa shape index (κ1) is 15.7. The molecule has 0 spiro atoms. The third kappa shape index (κ3) is 4.71. The molecule has 1 aromatic rings. The van der Waals surface area contributed by atoms with Gasteiger partial charge in [-0.3, -0.25) is 4.79 Å². The van der Waals surface area contributed by atoms with E-state index >= 15 is 0 Å². The standard InChI is InChI=1S/C15H21IN2O2/c1-12(13-2-4-14(16)5-3-13)17-7-6-15(19)18-8-10-20-11-9-18/h2-5,12,17H,6-11H2,1H3. The molecule has 1 aromatic carbocycles. The van der Waals surface area contributed by atoms with Gasteiger partial charge in [0, 0.05) is 35.7 Å². The van der Waals surface area contributed by atoms with Crippen molar-refractivity contribution in [2.24, 2.45) is 0 Å². The van der Waals surface area contributed by atoms with E-state index < -0.39 is 0 Å². The normalized spacial score (nSPS) is 17.0. The SMILES string of the molecule is CC(NCCC(=O)N1CCOCC1)c1ccc(I)cc1. The van der Waals surface area contributed by atoms with Gasteiger partial charge in [-0.2, -0.15) is 0 Å². The topological polar surface area (TPSA) is 41.6 Å². The summed E-state index contributed by atoms with van der Waals surface area (Å²) in [4.78, 5) is 13.9. The third-order valence-corrected chi connectivity index (χ3v) is 4.24. The van der Waals surface area contributed by atoms with Gasteiger partial charge in [0.05, 0.1) is 13.2 Å². The number of benzene rings is 1. The van der Waals surface area contributed by atoms with Gasteiger partial charge < -0.3 is 15.0 Å². The molecule has 1 fully saturated rings. The molecule has 1 unspecified atom stereocenters. The van der Waals surface area contributed by atoms with Crippen LogP contribution in [-0.4, -0.2) is 43.7 Å². The zero-order valence-electron chi connectivity index (χ0n) is 11.8. The smallest absolute Gasteiger partial charge is 0.224 e. The van der Waals surface area contributed by atoms with Crippen LogP contribution in [0.1, 0.15) is 24.9 Å². The number of hydrogen-bond acceptors (Lipinski definition) is 3. The van der Waals surface area contributed by atoms with Crippen molar-refractivity contribution in [3.63, 3.8) is 0 Å². The number of amides is 1. The second-order valence-corrected chi connectivity index (χ2v) is 6.22. The van der Waals surface area contributed by atoms with Crippen LogP contribution in [0.15, 0.2) is 24.3 Å². The summed E-state index contributed by atoms with van der Waals surface area (Å²) in [5.41, 5.74) is 1.25. The molecule has 20 heavy (non-hydrogen) atoms. The average molecular weight is 388 g/mol. The second kappa shape index (κ2) is 7.95. The van der Waals surface area contributed by atoms with Crippen molar-refractivity contribution in [3.8, 4) is 0 Å². The van der Waals surface area contributed by atoms with Crippen molar-refractivity contribution in [2.45, 2.75) is 19.4 Å². The Kier molecular flexibility index (Phi) is 6.25. The maximum atomic E-state index is 12.0. The Bertz CT molecular complexity index is 430. The molecule has 4 nitrogen and oxygen atoms in total. The molecular formula is C15H21IN2O2. The van der Waals surface area contributed by atoms with Crippen molar-refractivity contribution in [1.29, 1.82) is 0 Å². The summed E-state index contributed by atoms with van der Waals surface area (Å²) >= 11 is 2.30. The number of nitrogens with one attached hydrogen (secondary N) is 1. The van der Waals surface area contributed by atoms with Gasteiger partial charge in [0.25, 0.3) is 0 Å². The fraction of sp³-hybridized carbons (Fsp3) is 0.533. The van der Waals surface area contributed by atoms with E-state index in [1.165, 1.54) is 9.13 Å². The minimum Gasteiger partial charge on any atom is -0.378 e. The number of hydrogen-bond donors (Lipinski definition) is 1. The van der Waals surface area contributed by atoms with Crippen LogP contribution in [0.2, 0.25) is 0 Å². The summed E-state index contributed by atoms with van der Waals surface area (Å²) in [6.07, 6.45) is 0.550. The molecular weight excluding hydrogens is 367 g/mol. The number of nitrogens with zero attached hydrogens (tertiary/aromatic N) is 1. The van der Waals surface area contributed by atoms with E-state index in [1.54, 1.807) is 0 Å². The molecule has 0 radical (unpaired) electrons. The molecule has 1 aliphatic heterocycles. The summed E-state index contributed by atoms with van der Waals surface area (Å²) in [6.45, 7) is 5.62. The molecule has 0 aromatic heterocycles. The van der Waals surface area contributed by atoms with Gasteiger partial charge in [0.15, 0.2) is 0 Å². The highest BCUT2D eigenvalue weighted by molar-refractivity contribution is 14.1. The van der Waals surface area contributed by atoms with E-state index in [2.05, 4.69) is 59.1 Å². The Balaban J connectivity index is 1.72. The number of ether oxygens (including phenoxy) is 1. The number of morpholine rings is 1. The maximum Gasteiger partial charge on any atom is 0.224 e. The minimum absolute atomic E-state index is 0.218.